The van der Waals surface area contributed by atoms with Crippen LogP contribution in [-0.4, -0.2) is 26.6 Å². The summed E-state index contributed by atoms with van der Waals surface area (Å²) in [5.74, 6) is -0.846. The van der Waals surface area contributed by atoms with E-state index in [-0.39, 0.29) is 5.92 Å². The van der Waals surface area contributed by atoms with Gasteiger partial charge in [-0.15, -0.1) is 0 Å². The molecule has 3 atom stereocenters. The molecule has 1 fully saturated rings. The van der Waals surface area contributed by atoms with Crippen LogP contribution in [0.5, 0.6) is 0 Å². The Morgan fingerprint density at radius 3 is 2.86 bits per heavy atom. The summed E-state index contributed by atoms with van der Waals surface area (Å²) in [7, 11) is 0. The summed E-state index contributed by atoms with van der Waals surface area (Å²) in [5.41, 5.74) is 7.66. The first-order chi connectivity index (χ1) is 10.6. The van der Waals surface area contributed by atoms with Gasteiger partial charge >= 0.3 is 5.97 Å². The third kappa shape index (κ3) is 1.54. The van der Waals surface area contributed by atoms with Crippen molar-refractivity contribution in [3.63, 3.8) is 0 Å². The number of nitrogens with two attached hydrogens (primary N) is 1. The molecule has 3 unspecified atom stereocenters. The molecule has 0 radical (unpaired) electrons. The highest BCUT2D eigenvalue weighted by Gasteiger charge is 2.75. The van der Waals surface area contributed by atoms with Gasteiger partial charge in [0.1, 0.15) is 5.41 Å². The van der Waals surface area contributed by atoms with Gasteiger partial charge in [0.2, 0.25) is 0 Å². The second kappa shape index (κ2) is 4.36. The molecule has 22 heavy (non-hydrogen) atoms. The van der Waals surface area contributed by atoms with E-state index in [1.165, 1.54) is 23.5 Å². The van der Waals surface area contributed by atoms with Crippen LogP contribution < -0.4 is 5.73 Å². The zero-order valence-electron chi connectivity index (χ0n) is 12.1. The molecular formula is C17H17N3O2. The third-order valence-electron chi connectivity index (χ3n) is 5.35. The van der Waals surface area contributed by atoms with E-state index in [1.807, 2.05) is 12.1 Å². The van der Waals surface area contributed by atoms with Gasteiger partial charge in [-0.3, -0.25) is 14.8 Å². The number of hydrogen-bond acceptors (Lipinski definition) is 4. The number of carboxylic acid groups (broad SMARTS) is 1. The molecule has 1 saturated carbocycles. The number of rotatable bonds is 3. The van der Waals surface area contributed by atoms with E-state index in [1.54, 1.807) is 6.20 Å². The molecule has 4 rings (SSSR count). The summed E-state index contributed by atoms with van der Waals surface area (Å²) in [6.07, 6.45) is 6.86. The molecular weight excluding hydrogens is 278 g/mol. The molecule has 1 heterocycles. The first kappa shape index (κ1) is 13.4. The largest absolute Gasteiger partial charge is 0.480 e. The summed E-state index contributed by atoms with van der Waals surface area (Å²) < 4.78 is 0. The molecule has 0 spiro atoms. The van der Waals surface area contributed by atoms with E-state index in [4.69, 9.17) is 5.73 Å². The van der Waals surface area contributed by atoms with Gasteiger partial charge in [-0.25, -0.2) is 0 Å². The van der Waals surface area contributed by atoms with Gasteiger partial charge in [0.05, 0.1) is 5.69 Å². The highest BCUT2D eigenvalue weighted by atomic mass is 16.4. The number of fused-ring (bicyclic) bond motifs is 1. The molecule has 0 bridgehead atoms. The molecule has 0 saturated heterocycles. The molecule has 5 nitrogen and oxygen atoms in total. The predicted molar refractivity (Wildman–Crippen MR) is 80.4 cm³/mol. The average molecular weight is 295 g/mol. The van der Waals surface area contributed by atoms with Crippen molar-refractivity contribution in [2.24, 2.45) is 5.73 Å². The van der Waals surface area contributed by atoms with Crippen molar-refractivity contribution >= 4 is 5.97 Å². The van der Waals surface area contributed by atoms with Crippen molar-refractivity contribution in [1.29, 1.82) is 0 Å². The first-order valence-corrected chi connectivity index (χ1v) is 7.46. The molecule has 3 N–H and O–H groups in total. The van der Waals surface area contributed by atoms with Gasteiger partial charge in [-0.1, -0.05) is 24.3 Å². The molecule has 1 aromatic heterocycles. The van der Waals surface area contributed by atoms with Crippen LogP contribution in [0.1, 0.15) is 35.6 Å². The van der Waals surface area contributed by atoms with Crippen molar-refractivity contribution < 1.29 is 9.90 Å². The molecule has 1 aromatic carbocycles. The summed E-state index contributed by atoms with van der Waals surface area (Å²) in [4.78, 5) is 20.3. The second-order valence-electron chi connectivity index (χ2n) is 6.31. The fraction of sp³-hybridized carbons (Fsp3) is 0.353. The standard InChI is InChI=1S/C17H17N3O2/c18-17(13-6-5-11-3-1-2-4-12(11)13)10-16(17,15(21)22)14-9-19-7-8-20-14/h1-4,7-9,13H,5-6,10,18H2,(H,21,22). The summed E-state index contributed by atoms with van der Waals surface area (Å²) >= 11 is 0. The topological polar surface area (TPSA) is 89.1 Å². The first-order valence-electron chi connectivity index (χ1n) is 7.46. The lowest BCUT2D eigenvalue weighted by atomic mass is 9.83. The number of carboxylic acids is 1. The maximum atomic E-state index is 12.0. The van der Waals surface area contributed by atoms with Crippen LogP contribution in [0, 0.1) is 0 Å². The number of aromatic nitrogens is 2. The maximum absolute atomic E-state index is 12.0. The van der Waals surface area contributed by atoms with Crippen molar-refractivity contribution in [2.45, 2.75) is 36.1 Å². The van der Waals surface area contributed by atoms with Crippen LogP contribution in [0.15, 0.2) is 42.9 Å². The zero-order chi connectivity index (χ0) is 15.4. The van der Waals surface area contributed by atoms with E-state index < -0.39 is 16.9 Å². The normalized spacial score (nSPS) is 32.5. The number of carbonyl (C=O) groups is 1. The number of aliphatic carboxylic acids is 1. The summed E-state index contributed by atoms with van der Waals surface area (Å²) in [6, 6.07) is 8.19. The van der Waals surface area contributed by atoms with Crippen LogP contribution in [0.4, 0.5) is 0 Å². The van der Waals surface area contributed by atoms with Crippen LogP contribution in [0.3, 0.4) is 0 Å². The fourth-order valence-electron chi connectivity index (χ4n) is 4.14. The molecule has 2 aliphatic rings. The lowest BCUT2D eigenvalue weighted by Gasteiger charge is -2.25. The SMILES string of the molecule is NC1(C2CCc3ccccc32)CC1(C(=O)O)c1cnccn1. The molecule has 0 amide bonds. The fourth-order valence-corrected chi connectivity index (χ4v) is 4.14. The predicted octanol–water partition coefficient (Wildman–Crippen LogP) is 1.63. The lowest BCUT2D eigenvalue weighted by Crippen LogP contribution is -2.43. The molecule has 0 aliphatic heterocycles. The Morgan fingerprint density at radius 2 is 2.14 bits per heavy atom. The van der Waals surface area contributed by atoms with Gasteiger partial charge in [-0.2, -0.15) is 0 Å². The molecule has 2 aliphatic carbocycles. The second-order valence-corrected chi connectivity index (χ2v) is 6.31. The Morgan fingerprint density at radius 1 is 1.32 bits per heavy atom. The molecule has 2 aromatic rings. The van der Waals surface area contributed by atoms with Crippen molar-refractivity contribution in [3.05, 3.63) is 59.7 Å². The minimum absolute atomic E-state index is 0.0572. The van der Waals surface area contributed by atoms with Crippen LogP contribution >= 0.6 is 0 Å². The van der Waals surface area contributed by atoms with Gasteiger partial charge in [-0.05, 0) is 30.4 Å². The van der Waals surface area contributed by atoms with Crippen LogP contribution in [-0.2, 0) is 16.6 Å². The Balaban J connectivity index is 1.79. The Labute approximate surface area is 128 Å². The molecule has 112 valence electrons. The van der Waals surface area contributed by atoms with E-state index in [0.717, 1.165) is 12.8 Å². The highest BCUT2D eigenvalue weighted by molar-refractivity contribution is 5.88. The van der Waals surface area contributed by atoms with E-state index in [0.29, 0.717) is 12.1 Å². The van der Waals surface area contributed by atoms with E-state index in [2.05, 4.69) is 22.1 Å². The molecule has 5 heteroatoms. The number of nitrogens with zero attached hydrogens (tertiary/aromatic N) is 2. The van der Waals surface area contributed by atoms with Gasteiger partial charge in [0, 0.05) is 30.0 Å². The van der Waals surface area contributed by atoms with Crippen molar-refractivity contribution in [2.75, 3.05) is 0 Å². The van der Waals surface area contributed by atoms with Crippen molar-refractivity contribution in [1.82, 2.24) is 9.97 Å². The van der Waals surface area contributed by atoms with Crippen molar-refractivity contribution in [3.8, 4) is 0 Å². The zero-order valence-corrected chi connectivity index (χ0v) is 12.1. The van der Waals surface area contributed by atoms with Crippen LogP contribution in [0.25, 0.3) is 0 Å². The van der Waals surface area contributed by atoms with Crippen LogP contribution in [0.2, 0.25) is 0 Å². The highest BCUT2D eigenvalue weighted by Crippen LogP contribution is 2.64. The minimum atomic E-state index is -1.12. The van der Waals surface area contributed by atoms with E-state index >= 15 is 0 Å². The lowest BCUT2D eigenvalue weighted by molar-refractivity contribution is -0.140. The monoisotopic (exact) mass is 295 g/mol. The number of hydrogen-bond donors (Lipinski definition) is 2. The summed E-state index contributed by atoms with van der Waals surface area (Å²) in [5, 5.41) is 9.85. The maximum Gasteiger partial charge on any atom is 0.317 e. The smallest absolute Gasteiger partial charge is 0.317 e. The Hall–Kier alpha value is -2.27. The third-order valence-corrected chi connectivity index (χ3v) is 5.35. The Kier molecular flexibility index (Phi) is 2.66. The number of benzene rings is 1. The van der Waals surface area contributed by atoms with Gasteiger partial charge < -0.3 is 10.8 Å². The Bertz CT molecular complexity index is 749. The minimum Gasteiger partial charge on any atom is -0.480 e. The van der Waals surface area contributed by atoms with E-state index in [9.17, 15) is 9.90 Å². The van der Waals surface area contributed by atoms with Gasteiger partial charge in [0.25, 0.3) is 0 Å². The quantitative estimate of drug-likeness (QED) is 0.898. The van der Waals surface area contributed by atoms with Gasteiger partial charge in [0.15, 0.2) is 0 Å². The number of aryl methyl sites for hydroxylation is 1. The average Bonchev–Trinajstić information content (AvgIpc) is 2.98. The summed E-state index contributed by atoms with van der Waals surface area (Å²) in [6.45, 7) is 0.